The van der Waals surface area contributed by atoms with Crippen LogP contribution < -0.4 is 5.32 Å². The zero-order valence-corrected chi connectivity index (χ0v) is 11.9. The maximum atomic E-state index is 12.9. The van der Waals surface area contributed by atoms with Crippen LogP contribution in [0.4, 0.5) is 4.39 Å². The molecule has 5 heteroatoms. The van der Waals surface area contributed by atoms with Crippen LogP contribution in [-0.4, -0.2) is 23.0 Å². The molecule has 1 aromatic rings. The molecule has 0 aliphatic carbocycles. The van der Waals surface area contributed by atoms with Crippen LogP contribution >= 0.6 is 0 Å². The zero-order chi connectivity index (χ0) is 15.3. The van der Waals surface area contributed by atoms with Crippen molar-refractivity contribution in [3.63, 3.8) is 0 Å². The summed E-state index contributed by atoms with van der Waals surface area (Å²) >= 11 is 0. The summed E-state index contributed by atoms with van der Waals surface area (Å²) in [6.07, 6.45) is 0.388. The topological polar surface area (TPSA) is 66.4 Å². The number of carboxylic acids is 1. The van der Waals surface area contributed by atoms with Gasteiger partial charge in [0.05, 0.1) is 5.41 Å². The Morgan fingerprint density at radius 2 is 1.85 bits per heavy atom. The summed E-state index contributed by atoms with van der Waals surface area (Å²) in [6.45, 7) is 5.26. The van der Waals surface area contributed by atoms with Crippen molar-refractivity contribution in [2.24, 2.45) is 0 Å². The number of carbonyl (C=O) groups is 2. The Morgan fingerprint density at radius 1 is 1.30 bits per heavy atom. The first-order chi connectivity index (χ1) is 9.23. The molecule has 1 rings (SSSR count). The second-order valence-corrected chi connectivity index (χ2v) is 5.44. The predicted molar refractivity (Wildman–Crippen MR) is 73.9 cm³/mol. The quantitative estimate of drug-likeness (QED) is 0.841. The molecule has 0 heterocycles. The van der Waals surface area contributed by atoms with Gasteiger partial charge < -0.3 is 10.4 Å². The van der Waals surface area contributed by atoms with Gasteiger partial charge in [-0.15, -0.1) is 0 Å². The standard InChI is InChI=1S/C15H20FNO3/c1-10(4-9-13(18)19)17-14(20)15(2,3)11-5-7-12(16)8-6-11/h5-8,10H,4,9H2,1-3H3,(H,17,20)(H,18,19). The molecule has 1 unspecified atom stereocenters. The van der Waals surface area contributed by atoms with Gasteiger partial charge in [0.15, 0.2) is 0 Å². The molecule has 0 aliphatic heterocycles. The highest BCUT2D eigenvalue weighted by atomic mass is 19.1. The number of halogens is 1. The molecule has 0 aliphatic rings. The van der Waals surface area contributed by atoms with E-state index in [-0.39, 0.29) is 24.2 Å². The fraction of sp³-hybridized carbons (Fsp3) is 0.467. The Morgan fingerprint density at radius 3 is 2.35 bits per heavy atom. The van der Waals surface area contributed by atoms with E-state index in [1.54, 1.807) is 32.9 Å². The summed E-state index contributed by atoms with van der Waals surface area (Å²) < 4.78 is 12.9. The highest BCUT2D eigenvalue weighted by molar-refractivity contribution is 5.87. The second kappa shape index (κ2) is 6.50. The van der Waals surface area contributed by atoms with Crippen LogP contribution in [0, 0.1) is 5.82 Å². The lowest BCUT2D eigenvalue weighted by Crippen LogP contribution is -2.44. The molecule has 0 spiro atoms. The highest BCUT2D eigenvalue weighted by Crippen LogP contribution is 2.24. The normalized spacial score (nSPS) is 12.8. The van der Waals surface area contributed by atoms with E-state index in [1.807, 2.05) is 0 Å². The molecule has 1 aromatic carbocycles. The lowest BCUT2D eigenvalue weighted by Gasteiger charge is -2.26. The third-order valence-electron chi connectivity index (χ3n) is 3.30. The third kappa shape index (κ3) is 4.33. The summed E-state index contributed by atoms with van der Waals surface area (Å²) in [5, 5.41) is 11.4. The van der Waals surface area contributed by atoms with Gasteiger partial charge in [0.1, 0.15) is 5.82 Å². The van der Waals surface area contributed by atoms with E-state index in [0.29, 0.717) is 12.0 Å². The van der Waals surface area contributed by atoms with Crippen LogP contribution in [0.15, 0.2) is 24.3 Å². The van der Waals surface area contributed by atoms with Crippen LogP contribution in [-0.2, 0) is 15.0 Å². The molecule has 0 fully saturated rings. The van der Waals surface area contributed by atoms with E-state index in [9.17, 15) is 14.0 Å². The van der Waals surface area contributed by atoms with Crippen LogP contribution in [0.2, 0.25) is 0 Å². The van der Waals surface area contributed by atoms with Crippen LogP contribution in [0.3, 0.4) is 0 Å². The molecule has 0 radical (unpaired) electrons. The van der Waals surface area contributed by atoms with Crippen molar-refractivity contribution in [1.82, 2.24) is 5.32 Å². The highest BCUT2D eigenvalue weighted by Gasteiger charge is 2.30. The molecule has 4 nitrogen and oxygen atoms in total. The Labute approximate surface area is 118 Å². The molecule has 2 N–H and O–H groups in total. The smallest absolute Gasteiger partial charge is 0.303 e. The van der Waals surface area contributed by atoms with Crippen LogP contribution in [0.25, 0.3) is 0 Å². The minimum atomic E-state index is -0.885. The van der Waals surface area contributed by atoms with Crippen molar-refractivity contribution in [3.8, 4) is 0 Å². The van der Waals surface area contributed by atoms with E-state index >= 15 is 0 Å². The lowest BCUT2D eigenvalue weighted by atomic mass is 9.83. The van der Waals surface area contributed by atoms with Gasteiger partial charge in [-0.2, -0.15) is 0 Å². The number of nitrogens with one attached hydrogen (secondary N) is 1. The molecule has 20 heavy (non-hydrogen) atoms. The number of rotatable bonds is 6. The van der Waals surface area contributed by atoms with E-state index in [1.165, 1.54) is 12.1 Å². The lowest BCUT2D eigenvalue weighted by molar-refractivity contribution is -0.137. The third-order valence-corrected chi connectivity index (χ3v) is 3.30. The van der Waals surface area contributed by atoms with Crippen molar-refractivity contribution in [3.05, 3.63) is 35.6 Å². The molecule has 110 valence electrons. The summed E-state index contributed by atoms with van der Waals surface area (Å²) in [4.78, 5) is 22.7. The maximum Gasteiger partial charge on any atom is 0.303 e. The Hall–Kier alpha value is -1.91. The van der Waals surface area contributed by atoms with E-state index < -0.39 is 11.4 Å². The van der Waals surface area contributed by atoms with Gasteiger partial charge in [-0.25, -0.2) is 4.39 Å². The molecule has 0 bridgehead atoms. The average molecular weight is 281 g/mol. The number of carbonyl (C=O) groups excluding carboxylic acids is 1. The Balaban J connectivity index is 2.69. The first kappa shape index (κ1) is 16.1. The monoisotopic (exact) mass is 281 g/mol. The predicted octanol–water partition coefficient (Wildman–Crippen LogP) is 2.47. The van der Waals surface area contributed by atoms with Gasteiger partial charge >= 0.3 is 5.97 Å². The van der Waals surface area contributed by atoms with Crippen LogP contribution in [0.5, 0.6) is 0 Å². The fourth-order valence-electron chi connectivity index (χ4n) is 1.81. The fourth-order valence-corrected chi connectivity index (χ4v) is 1.81. The molecular weight excluding hydrogens is 261 g/mol. The van der Waals surface area contributed by atoms with Gasteiger partial charge in [-0.1, -0.05) is 12.1 Å². The van der Waals surface area contributed by atoms with Gasteiger partial charge in [-0.05, 0) is 44.9 Å². The minimum Gasteiger partial charge on any atom is -0.481 e. The van der Waals surface area contributed by atoms with E-state index in [2.05, 4.69) is 5.32 Å². The van der Waals surface area contributed by atoms with Crippen molar-refractivity contribution in [2.45, 2.75) is 45.1 Å². The first-order valence-electron chi connectivity index (χ1n) is 6.52. The number of carboxylic acid groups (broad SMARTS) is 1. The van der Waals surface area contributed by atoms with Gasteiger partial charge in [0.25, 0.3) is 0 Å². The van der Waals surface area contributed by atoms with Gasteiger partial charge in [-0.3, -0.25) is 9.59 Å². The number of amides is 1. The van der Waals surface area contributed by atoms with Crippen LogP contribution in [0.1, 0.15) is 39.2 Å². The van der Waals surface area contributed by atoms with E-state index in [4.69, 9.17) is 5.11 Å². The van der Waals surface area contributed by atoms with Gasteiger partial charge in [0.2, 0.25) is 5.91 Å². The zero-order valence-electron chi connectivity index (χ0n) is 11.9. The summed E-state index contributed by atoms with van der Waals surface area (Å²) in [5.41, 5.74) is -0.0904. The van der Waals surface area contributed by atoms with Crippen molar-refractivity contribution in [2.75, 3.05) is 0 Å². The number of hydrogen-bond acceptors (Lipinski definition) is 2. The SMILES string of the molecule is CC(CCC(=O)O)NC(=O)C(C)(C)c1ccc(F)cc1. The minimum absolute atomic E-state index is 0.0123. The largest absolute Gasteiger partial charge is 0.481 e. The molecule has 1 atom stereocenters. The number of benzene rings is 1. The molecule has 0 aromatic heterocycles. The second-order valence-electron chi connectivity index (χ2n) is 5.44. The maximum absolute atomic E-state index is 12.9. The number of hydrogen-bond donors (Lipinski definition) is 2. The molecular formula is C15H20FNO3. The Bertz CT molecular complexity index is 482. The summed E-state index contributed by atoms with van der Waals surface area (Å²) in [6, 6.07) is 5.57. The molecule has 0 saturated carbocycles. The molecule has 1 amide bonds. The Kier molecular flexibility index (Phi) is 5.25. The summed E-state index contributed by atoms with van der Waals surface area (Å²) in [5.74, 6) is -1.44. The van der Waals surface area contributed by atoms with Crippen molar-refractivity contribution >= 4 is 11.9 Å². The average Bonchev–Trinajstić information content (AvgIpc) is 2.36. The molecule has 0 saturated heterocycles. The van der Waals surface area contributed by atoms with Crippen molar-refractivity contribution in [1.29, 1.82) is 0 Å². The number of aliphatic carboxylic acids is 1. The van der Waals surface area contributed by atoms with Crippen molar-refractivity contribution < 1.29 is 19.1 Å². The first-order valence-corrected chi connectivity index (χ1v) is 6.52. The van der Waals surface area contributed by atoms with Gasteiger partial charge in [0, 0.05) is 12.5 Å². The summed E-state index contributed by atoms with van der Waals surface area (Å²) in [7, 11) is 0. The van der Waals surface area contributed by atoms with E-state index in [0.717, 1.165) is 0 Å².